The van der Waals surface area contributed by atoms with Crippen molar-refractivity contribution in [3.63, 3.8) is 0 Å². The van der Waals surface area contributed by atoms with Crippen molar-refractivity contribution in [2.45, 2.75) is 6.10 Å². The number of carbonyl (C=O) groups excluding carboxylic acids is 1. The predicted molar refractivity (Wildman–Crippen MR) is 87.6 cm³/mol. The summed E-state index contributed by atoms with van der Waals surface area (Å²) in [6.07, 6.45) is -0.835. The van der Waals surface area contributed by atoms with Gasteiger partial charge >= 0.3 is 0 Å². The van der Waals surface area contributed by atoms with Crippen molar-refractivity contribution < 1.29 is 14.3 Å². The minimum atomic E-state index is -0.835. The summed E-state index contributed by atoms with van der Waals surface area (Å²) in [5, 5.41) is 15.0. The smallest absolute Gasteiger partial charge is 0.251 e. The molecule has 3 aromatic carbocycles. The van der Waals surface area contributed by atoms with Crippen LogP contribution in [0.2, 0.25) is 0 Å². The first kappa shape index (κ1) is 15.2. The van der Waals surface area contributed by atoms with E-state index in [9.17, 15) is 14.3 Å². The number of nitrogens with one attached hydrogen (secondary N) is 1. The van der Waals surface area contributed by atoms with Gasteiger partial charge in [0.2, 0.25) is 0 Å². The standard InChI is InChI=1S/C19H16FNO2/c20-15-8-3-7-14(11-15)19(23)21-12-18(22)17-10-4-6-13-5-1-2-9-16(13)17/h1-11,18,22H,12H2,(H,21,23). The van der Waals surface area contributed by atoms with E-state index < -0.39 is 17.8 Å². The molecule has 4 heteroatoms. The molecule has 0 heterocycles. The van der Waals surface area contributed by atoms with Crippen molar-refractivity contribution in [3.8, 4) is 0 Å². The van der Waals surface area contributed by atoms with Crippen LogP contribution in [0.4, 0.5) is 4.39 Å². The Morgan fingerprint density at radius 2 is 1.78 bits per heavy atom. The van der Waals surface area contributed by atoms with Gasteiger partial charge in [-0.05, 0) is 34.5 Å². The van der Waals surface area contributed by atoms with Gasteiger partial charge in [0.05, 0.1) is 6.10 Å². The van der Waals surface area contributed by atoms with E-state index in [-0.39, 0.29) is 12.1 Å². The lowest BCUT2D eigenvalue weighted by Crippen LogP contribution is -2.28. The van der Waals surface area contributed by atoms with Crippen LogP contribution in [-0.2, 0) is 0 Å². The fourth-order valence-electron chi connectivity index (χ4n) is 2.57. The van der Waals surface area contributed by atoms with Gasteiger partial charge in [-0.1, -0.05) is 48.5 Å². The molecule has 116 valence electrons. The normalized spacial score (nSPS) is 12.1. The largest absolute Gasteiger partial charge is 0.387 e. The maximum atomic E-state index is 13.1. The Labute approximate surface area is 133 Å². The SMILES string of the molecule is O=C(NCC(O)c1cccc2ccccc12)c1cccc(F)c1. The van der Waals surface area contributed by atoms with E-state index in [4.69, 9.17) is 0 Å². The first-order chi connectivity index (χ1) is 11.1. The number of aliphatic hydroxyl groups excluding tert-OH is 1. The van der Waals surface area contributed by atoms with E-state index in [1.165, 1.54) is 24.3 Å². The number of benzene rings is 3. The molecule has 0 aliphatic heterocycles. The van der Waals surface area contributed by atoms with E-state index in [1.54, 1.807) is 0 Å². The zero-order valence-electron chi connectivity index (χ0n) is 12.4. The van der Waals surface area contributed by atoms with E-state index in [2.05, 4.69) is 5.32 Å². The second-order valence-corrected chi connectivity index (χ2v) is 5.30. The lowest BCUT2D eigenvalue weighted by molar-refractivity contribution is 0.0916. The fraction of sp³-hybridized carbons (Fsp3) is 0.105. The van der Waals surface area contributed by atoms with Crippen LogP contribution < -0.4 is 5.32 Å². The summed E-state index contributed by atoms with van der Waals surface area (Å²) in [4.78, 5) is 12.0. The molecular formula is C19H16FNO2. The number of rotatable bonds is 4. The first-order valence-corrected chi connectivity index (χ1v) is 7.34. The quantitative estimate of drug-likeness (QED) is 0.775. The molecular weight excluding hydrogens is 293 g/mol. The van der Waals surface area contributed by atoms with Gasteiger partial charge in [0.25, 0.3) is 5.91 Å². The molecule has 2 N–H and O–H groups in total. The molecule has 1 unspecified atom stereocenters. The highest BCUT2D eigenvalue weighted by Gasteiger charge is 2.13. The topological polar surface area (TPSA) is 49.3 Å². The number of amides is 1. The summed E-state index contributed by atoms with van der Waals surface area (Å²) in [7, 11) is 0. The number of halogens is 1. The number of hydrogen-bond acceptors (Lipinski definition) is 2. The third-order valence-corrected chi connectivity index (χ3v) is 3.73. The summed E-state index contributed by atoms with van der Waals surface area (Å²) in [6, 6.07) is 18.9. The maximum absolute atomic E-state index is 13.1. The number of carbonyl (C=O) groups is 1. The van der Waals surface area contributed by atoms with E-state index in [0.29, 0.717) is 0 Å². The fourth-order valence-corrected chi connectivity index (χ4v) is 2.57. The van der Waals surface area contributed by atoms with Crippen molar-refractivity contribution in [2.75, 3.05) is 6.54 Å². The first-order valence-electron chi connectivity index (χ1n) is 7.34. The molecule has 3 aromatic rings. The average molecular weight is 309 g/mol. The average Bonchev–Trinajstić information content (AvgIpc) is 2.59. The second kappa shape index (κ2) is 6.58. The van der Waals surface area contributed by atoms with Gasteiger partial charge in [-0.2, -0.15) is 0 Å². The molecule has 0 fully saturated rings. The minimum Gasteiger partial charge on any atom is -0.387 e. The summed E-state index contributed by atoms with van der Waals surface area (Å²) in [5.41, 5.74) is 0.984. The van der Waals surface area contributed by atoms with Crippen LogP contribution in [0.25, 0.3) is 10.8 Å². The zero-order valence-corrected chi connectivity index (χ0v) is 12.4. The molecule has 3 nitrogen and oxygen atoms in total. The molecule has 0 radical (unpaired) electrons. The van der Waals surface area contributed by atoms with E-state index in [1.807, 2.05) is 42.5 Å². The molecule has 0 saturated heterocycles. The highest BCUT2D eigenvalue weighted by atomic mass is 19.1. The Hall–Kier alpha value is -2.72. The van der Waals surface area contributed by atoms with Gasteiger partial charge in [0.15, 0.2) is 0 Å². The molecule has 0 aliphatic carbocycles. The van der Waals surface area contributed by atoms with Crippen molar-refractivity contribution >= 4 is 16.7 Å². The molecule has 1 atom stereocenters. The number of hydrogen-bond donors (Lipinski definition) is 2. The van der Waals surface area contributed by atoms with Crippen molar-refractivity contribution in [1.29, 1.82) is 0 Å². The van der Waals surface area contributed by atoms with Crippen LogP contribution in [0, 0.1) is 5.82 Å². The van der Waals surface area contributed by atoms with Gasteiger partial charge in [0, 0.05) is 12.1 Å². The van der Waals surface area contributed by atoms with Gasteiger partial charge in [-0.3, -0.25) is 4.79 Å². The van der Waals surface area contributed by atoms with E-state index in [0.717, 1.165) is 16.3 Å². The third kappa shape index (κ3) is 3.38. The molecule has 0 aliphatic rings. The van der Waals surface area contributed by atoms with Gasteiger partial charge < -0.3 is 10.4 Å². The Kier molecular flexibility index (Phi) is 4.35. The van der Waals surface area contributed by atoms with Crippen molar-refractivity contribution in [3.05, 3.63) is 83.7 Å². The van der Waals surface area contributed by atoms with Crippen LogP contribution >= 0.6 is 0 Å². The Morgan fingerprint density at radius 1 is 1.04 bits per heavy atom. The van der Waals surface area contributed by atoms with Gasteiger partial charge in [-0.15, -0.1) is 0 Å². The molecule has 0 spiro atoms. The van der Waals surface area contributed by atoms with Crippen molar-refractivity contribution in [2.24, 2.45) is 0 Å². The monoisotopic (exact) mass is 309 g/mol. The Balaban J connectivity index is 1.74. The molecule has 23 heavy (non-hydrogen) atoms. The van der Waals surface area contributed by atoms with E-state index >= 15 is 0 Å². The predicted octanol–water partition coefficient (Wildman–Crippen LogP) is 3.44. The lowest BCUT2D eigenvalue weighted by Gasteiger charge is -2.15. The molecule has 1 amide bonds. The van der Waals surface area contributed by atoms with Gasteiger partial charge in [0.1, 0.15) is 5.82 Å². The number of fused-ring (bicyclic) bond motifs is 1. The molecule has 0 aromatic heterocycles. The summed E-state index contributed by atoms with van der Waals surface area (Å²) < 4.78 is 13.1. The van der Waals surface area contributed by atoms with Crippen LogP contribution in [-0.4, -0.2) is 17.6 Å². The molecule has 3 rings (SSSR count). The second-order valence-electron chi connectivity index (χ2n) is 5.30. The lowest BCUT2D eigenvalue weighted by atomic mass is 10.0. The van der Waals surface area contributed by atoms with Crippen molar-refractivity contribution in [1.82, 2.24) is 5.32 Å². The molecule has 0 bridgehead atoms. The van der Waals surface area contributed by atoms with Gasteiger partial charge in [-0.25, -0.2) is 4.39 Å². The van der Waals surface area contributed by atoms with Crippen LogP contribution in [0.1, 0.15) is 22.0 Å². The number of aliphatic hydroxyl groups is 1. The summed E-state index contributed by atoms with van der Waals surface area (Å²) in [6.45, 7) is 0.0589. The zero-order chi connectivity index (χ0) is 16.2. The van der Waals surface area contributed by atoms with Crippen LogP contribution in [0.3, 0.4) is 0 Å². The highest BCUT2D eigenvalue weighted by Crippen LogP contribution is 2.23. The Bertz CT molecular complexity index is 842. The summed E-state index contributed by atoms with van der Waals surface area (Å²) >= 11 is 0. The highest BCUT2D eigenvalue weighted by molar-refractivity contribution is 5.94. The maximum Gasteiger partial charge on any atom is 0.251 e. The molecule has 0 saturated carbocycles. The Morgan fingerprint density at radius 3 is 2.61 bits per heavy atom. The summed E-state index contributed by atoms with van der Waals surface area (Å²) in [5.74, 6) is -0.879. The van der Waals surface area contributed by atoms with Crippen LogP contribution in [0.15, 0.2) is 66.7 Å². The third-order valence-electron chi connectivity index (χ3n) is 3.73. The van der Waals surface area contributed by atoms with Crippen LogP contribution in [0.5, 0.6) is 0 Å². The minimum absolute atomic E-state index is 0.0589.